The van der Waals surface area contributed by atoms with Gasteiger partial charge in [-0.25, -0.2) is 5.43 Å². The molecular formula is C16H14N2O4. The fourth-order valence-electron chi connectivity index (χ4n) is 2.00. The number of carbonyl (C=O) groups excluding carboxylic acids is 1. The van der Waals surface area contributed by atoms with Crippen molar-refractivity contribution >= 4 is 12.1 Å². The Balaban J connectivity index is 1.59. The second kappa shape index (κ2) is 6.17. The Bertz CT molecular complexity index is 715. The molecule has 2 N–H and O–H groups in total. The van der Waals surface area contributed by atoms with Crippen LogP contribution in [0.2, 0.25) is 0 Å². The van der Waals surface area contributed by atoms with E-state index in [1.807, 2.05) is 12.1 Å². The molecule has 6 heteroatoms. The second-order valence-corrected chi connectivity index (χ2v) is 4.69. The van der Waals surface area contributed by atoms with Crippen LogP contribution in [0.25, 0.3) is 0 Å². The first-order valence-corrected chi connectivity index (χ1v) is 6.73. The molecule has 1 heterocycles. The van der Waals surface area contributed by atoms with Crippen LogP contribution >= 0.6 is 0 Å². The SMILES string of the molecule is O=C(NN=Cc1cccc(O)c1)[C@@H]1COc2ccccc2O1. The number of hydrogen-bond acceptors (Lipinski definition) is 5. The van der Waals surface area contributed by atoms with Crippen LogP contribution in [0.15, 0.2) is 53.6 Å². The average molecular weight is 298 g/mol. The number of para-hydroxylation sites is 2. The highest BCUT2D eigenvalue weighted by atomic mass is 16.6. The Morgan fingerprint density at radius 1 is 1.23 bits per heavy atom. The van der Waals surface area contributed by atoms with E-state index in [1.165, 1.54) is 12.3 Å². The topological polar surface area (TPSA) is 80.2 Å². The van der Waals surface area contributed by atoms with Crippen LogP contribution in [0.3, 0.4) is 0 Å². The van der Waals surface area contributed by atoms with Gasteiger partial charge in [0.15, 0.2) is 11.5 Å². The van der Waals surface area contributed by atoms with Crippen molar-refractivity contribution in [1.82, 2.24) is 5.43 Å². The number of hydrogen-bond donors (Lipinski definition) is 2. The summed E-state index contributed by atoms with van der Waals surface area (Å²) >= 11 is 0. The highest BCUT2D eigenvalue weighted by molar-refractivity contribution is 5.85. The lowest BCUT2D eigenvalue weighted by Gasteiger charge is -2.24. The number of phenols is 1. The lowest BCUT2D eigenvalue weighted by Crippen LogP contribution is -2.42. The van der Waals surface area contributed by atoms with E-state index in [9.17, 15) is 9.90 Å². The van der Waals surface area contributed by atoms with Crippen molar-refractivity contribution in [2.75, 3.05) is 6.61 Å². The van der Waals surface area contributed by atoms with E-state index in [0.717, 1.165) is 0 Å². The second-order valence-electron chi connectivity index (χ2n) is 4.69. The lowest BCUT2D eigenvalue weighted by atomic mass is 10.2. The van der Waals surface area contributed by atoms with Crippen molar-refractivity contribution in [2.45, 2.75) is 6.10 Å². The Kier molecular flexibility index (Phi) is 3.91. The molecule has 112 valence electrons. The van der Waals surface area contributed by atoms with Crippen molar-refractivity contribution < 1.29 is 19.4 Å². The third-order valence-corrected chi connectivity index (χ3v) is 3.06. The fraction of sp³-hybridized carbons (Fsp3) is 0.125. The molecule has 1 aliphatic rings. The van der Waals surface area contributed by atoms with Crippen LogP contribution in [0.4, 0.5) is 0 Å². The molecule has 6 nitrogen and oxygen atoms in total. The van der Waals surface area contributed by atoms with Gasteiger partial charge in [0.2, 0.25) is 6.10 Å². The van der Waals surface area contributed by atoms with Crippen LogP contribution < -0.4 is 14.9 Å². The predicted molar refractivity (Wildman–Crippen MR) is 80.2 cm³/mol. The summed E-state index contributed by atoms with van der Waals surface area (Å²) in [7, 11) is 0. The average Bonchev–Trinajstić information content (AvgIpc) is 2.54. The van der Waals surface area contributed by atoms with Gasteiger partial charge in [-0.1, -0.05) is 24.3 Å². The van der Waals surface area contributed by atoms with Gasteiger partial charge in [0.25, 0.3) is 5.91 Å². The number of carbonyl (C=O) groups is 1. The first-order chi connectivity index (χ1) is 10.7. The molecule has 0 fully saturated rings. The minimum atomic E-state index is -0.753. The number of amides is 1. The number of hydrazone groups is 1. The molecule has 0 bridgehead atoms. The molecule has 0 spiro atoms. The number of benzene rings is 2. The van der Waals surface area contributed by atoms with Crippen molar-refractivity contribution in [3.05, 3.63) is 54.1 Å². The predicted octanol–water partition coefficient (Wildman–Crippen LogP) is 1.68. The quantitative estimate of drug-likeness (QED) is 0.667. The number of ether oxygens (including phenoxy) is 2. The summed E-state index contributed by atoms with van der Waals surface area (Å²) in [5.41, 5.74) is 3.07. The first-order valence-electron chi connectivity index (χ1n) is 6.73. The van der Waals surface area contributed by atoms with Crippen LogP contribution in [-0.4, -0.2) is 29.9 Å². The Hall–Kier alpha value is -3.02. The summed E-state index contributed by atoms with van der Waals surface area (Å²) in [6.45, 7) is 0.129. The molecule has 3 rings (SSSR count). The van der Waals surface area contributed by atoms with Gasteiger partial charge < -0.3 is 14.6 Å². The lowest BCUT2D eigenvalue weighted by molar-refractivity contribution is -0.130. The van der Waals surface area contributed by atoms with Gasteiger partial charge in [-0.15, -0.1) is 0 Å². The fourth-order valence-corrected chi connectivity index (χ4v) is 2.00. The minimum absolute atomic E-state index is 0.129. The van der Waals surface area contributed by atoms with Crippen molar-refractivity contribution in [3.63, 3.8) is 0 Å². The monoisotopic (exact) mass is 298 g/mol. The summed E-state index contributed by atoms with van der Waals surface area (Å²) in [6.07, 6.45) is 0.686. The molecule has 0 saturated heterocycles. The molecule has 1 amide bonds. The molecule has 2 aromatic rings. The van der Waals surface area contributed by atoms with Crippen molar-refractivity contribution in [2.24, 2.45) is 5.10 Å². The zero-order chi connectivity index (χ0) is 15.4. The summed E-state index contributed by atoms with van der Waals surface area (Å²) < 4.78 is 11.0. The van der Waals surface area contributed by atoms with E-state index in [-0.39, 0.29) is 12.4 Å². The number of phenolic OH excluding ortho intramolecular Hbond substituents is 1. The molecule has 1 atom stereocenters. The number of nitrogens with one attached hydrogen (secondary N) is 1. The first kappa shape index (κ1) is 13.9. The van der Waals surface area contributed by atoms with E-state index < -0.39 is 12.0 Å². The number of nitrogens with zero attached hydrogens (tertiary/aromatic N) is 1. The molecule has 0 aliphatic carbocycles. The van der Waals surface area contributed by atoms with Gasteiger partial charge in [0, 0.05) is 0 Å². The van der Waals surface area contributed by atoms with E-state index in [1.54, 1.807) is 30.3 Å². The Morgan fingerprint density at radius 3 is 2.86 bits per heavy atom. The van der Waals surface area contributed by atoms with E-state index in [0.29, 0.717) is 17.1 Å². The summed E-state index contributed by atoms with van der Waals surface area (Å²) in [5.74, 6) is 0.891. The summed E-state index contributed by atoms with van der Waals surface area (Å²) in [6, 6.07) is 13.7. The van der Waals surface area contributed by atoms with Crippen LogP contribution in [0.1, 0.15) is 5.56 Å². The van der Waals surface area contributed by atoms with Gasteiger partial charge >= 0.3 is 0 Å². The zero-order valence-electron chi connectivity index (χ0n) is 11.6. The highest BCUT2D eigenvalue weighted by Crippen LogP contribution is 2.30. The molecule has 22 heavy (non-hydrogen) atoms. The van der Waals surface area contributed by atoms with Gasteiger partial charge in [-0.3, -0.25) is 4.79 Å². The smallest absolute Gasteiger partial charge is 0.284 e. The number of aromatic hydroxyl groups is 1. The summed E-state index contributed by atoms with van der Waals surface area (Å²) in [4.78, 5) is 12.0. The molecule has 0 aromatic heterocycles. The summed E-state index contributed by atoms with van der Waals surface area (Å²) in [5, 5.41) is 13.2. The van der Waals surface area contributed by atoms with Crippen molar-refractivity contribution in [1.29, 1.82) is 0 Å². The van der Waals surface area contributed by atoms with E-state index in [4.69, 9.17) is 9.47 Å². The maximum Gasteiger partial charge on any atom is 0.284 e. The molecule has 2 aromatic carbocycles. The molecular weight excluding hydrogens is 284 g/mol. The van der Waals surface area contributed by atoms with Gasteiger partial charge in [0.05, 0.1) is 6.21 Å². The van der Waals surface area contributed by atoms with Crippen molar-refractivity contribution in [3.8, 4) is 17.2 Å². The minimum Gasteiger partial charge on any atom is -0.508 e. The molecule has 1 aliphatic heterocycles. The van der Waals surface area contributed by atoms with Crippen LogP contribution in [-0.2, 0) is 4.79 Å². The maximum atomic E-state index is 12.0. The maximum absolute atomic E-state index is 12.0. The van der Waals surface area contributed by atoms with Gasteiger partial charge in [-0.2, -0.15) is 5.10 Å². The zero-order valence-corrected chi connectivity index (χ0v) is 11.6. The van der Waals surface area contributed by atoms with Crippen LogP contribution in [0.5, 0.6) is 17.2 Å². The number of fused-ring (bicyclic) bond motifs is 1. The van der Waals surface area contributed by atoms with E-state index >= 15 is 0 Å². The molecule has 0 saturated carbocycles. The van der Waals surface area contributed by atoms with E-state index in [2.05, 4.69) is 10.5 Å². The Labute approximate surface area is 127 Å². The highest BCUT2D eigenvalue weighted by Gasteiger charge is 2.26. The standard InChI is InChI=1S/C16H14N2O4/c19-12-5-3-4-11(8-12)9-17-18-16(20)15-10-21-13-6-1-2-7-14(13)22-15/h1-9,15,19H,10H2,(H,18,20)/t15-/m0/s1. The number of rotatable bonds is 3. The third kappa shape index (κ3) is 3.17. The largest absolute Gasteiger partial charge is 0.508 e. The third-order valence-electron chi connectivity index (χ3n) is 3.06. The Morgan fingerprint density at radius 2 is 2.05 bits per heavy atom. The molecule has 0 unspecified atom stereocenters. The van der Waals surface area contributed by atoms with Gasteiger partial charge in [0.1, 0.15) is 12.4 Å². The van der Waals surface area contributed by atoms with Gasteiger partial charge in [-0.05, 0) is 29.8 Å². The van der Waals surface area contributed by atoms with Crippen LogP contribution in [0, 0.1) is 0 Å². The normalized spacial score (nSPS) is 16.5. The molecule has 0 radical (unpaired) electrons.